The van der Waals surface area contributed by atoms with Gasteiger partial charge in [0.2, 0.25) is 5.91 Å². The summed E-state index contributed by atoms with van der Waals surface area (Å²) >= 11 is 0. The second kappa shape index (κ2) is 7.95. The van der Waals surface area contributed by atoms with Crippen LogP contribution in [0.2, 0.25) is 0 Å². The van der Waals surface area contributed by atoms with E-state index in [2.05, 4.69) is 34.6 Å². The molecule has 2 N–H and O–H groups in total. The van der Waals surface area contributed by atoms with Crippen LogP contribution in [0.5, 0.6) is 0 Å². The molecule has 0 fully saturated rings. The van der Waals surface area contributed by atoms with Crippen LogP contribution < -0.4 is 10.6 Å². The number of carbonyl (C=O) groups is 1. The summed E-state index contributed by atoms with van der Waals surface area (Å²) in [6, 6.07) is 9.92. The number of rotatable bonds is 7. The Bertz CT molecular complexity index is 888. The van der Waals surface area contributed by atoms with Crippen LogP contribution in [-0.4, -0.2) is 38.7 Å². The van der Waals surface area contributed by atoms with E-state index in [0.29, 0.717) is 19.5 Å². The molecule has 2 aromatic heterocycles. The number of para-hydroxylation sites is 1. The van der Waals surface area contributed by atoms with Crippen molar-refractivity contribution in [2.75, 3.05) is 18.4 Å². The van der Waals surface area contributed by atoms with Gasteiger partial charge in [-0.1, -0.05) is 39.0 Å². The summed E-state index contributed by atoms with van der Waals surface area (Å²) in [4.78, 5) is 20.7. The molecule has 0 aliphatic heterocycles. The lowest BCUT2D eigenvalue weighted by Crippen LogP contribution is -2.28. The van der Waals surface area contributed by atoms with Crippen molar-refractivity contribution in [1.29, 1.82) is 0 Å². The van der Waals surface area contributed by atoms with Crippen LogP contribution in [0.3, 0.4) is 0 Å². The first kappa shape index (κ1) is 17.8. The molecular formula is C19H24N6O. The summed E-state index contributed by atoms with van der Waals surface area (Å²) in [7, 11) is 0. The van der Waals surface area contributed by atoms with E-state index in [-0.39, 0.29) is 11.8 Å². The van der Waals surface area contributed by atoms with Crippen molar-refractivity contribution < 1.29 is 4.79 Å². The average molecular weight is 352 g/mol. The number of hydrogen-bond donors (Lipinski definition) is 2. The molecule has 3 aromatic rings. The molecule has 0 unspecified atom stereocenters. The van der Waals surface area contributed by atoms with Crippen LogP contribution in [-0.2, 0) is 4.79 Å². The molecule has 0 atom stereocenters. The fourth-order valence-corrected chi connectivity index (χ4v) is 2.58. The Balaban J connectivity index is 1.92. The number of amides is 1. The number of hydrogen-bond acceptors (Lipinski definition) is 5. The van der Waals surface area contributed by atoms with Gasteiger partial charge in [0, 0.05) is 25.4 Å². The van der Waals surface area contributed by atoms with E-state index in [1.807, 2.05) is 41.9 Å². The molecule has 0 aliphatic carbocycles. The minimum Gasteiger partial charge on any atom is -0.368 e. The largest absolute Gasteiger partial charge is 0.368 e. The number of fused-ring (bicyclic) bond motifs is 1. The SMILES string of the molecule is CCC(=O)NCCNc1nc(C(C)C)nc2c1cnn2-c1ccccc1. The Labute approximate surface area is 152 Å². The average Bonchev–Trinajstić information content (AvgIpc) is 3.09. The zero-order valence-corrected chi connectivity index (χ0v) is 15.4. The maximum Gasteiger partial charge on any atom is 0.219 e. The van der Waals surface area contributed by atoms with Crippen molar-refractivity contribution in [3.8, 4) is 5.69 Å². The number of benzene rings is 1. The highest BCUT2D eigenvalue weighted by molar-refractivity contribution is 5.87. The molecule has 1 aromatic carbocycles. The van der Waals surface area contributed by atoms with Crippen LogP contribution >= 0.6 is 0 Å². The topological polar surface area (TPSA) is 84.7 Å². The van der Waals surface area contributed by atoms with Gasteiger partial charge < -0.3 is 10.6 Å². The summed E-state index contributed by atoms with van der Waals surface area (Å²) in [5, 5.41) is 11.5. The number of nitrogens with one attached hydrogen (secondary N) is 2. The molecule has 0 bridgehead atoms. The molecule has 2 heterocycles. The van der Waals surface area contributed by atoms with Gasteiger partial charge in [-0.25, -0.2) is 14.6 Å². The zero-order chi connectivity index (χ0) is 18.5. The molecule has 7 heteroatoms. The molecule has 26 heavy (non-hydrogen) atoms. The number of anilines is 1. The van der Waals surface area contributed by atoms with Gasteiger partial charge >= 0.3 is 0 Å². The minimum absolute atomic E-state index is 0.0411. The summed E-state index contributed by atoms with van der Waals surface area (Å²) in [5.41, 5.74) is 1.73. The first-order valence-electron chi connectivity index (χ1n) is 8.91. The fraction of sp³-hybridized carbons (Fsp3) is 0.368. The summed E-state index contributed by atoms with van der Waals surface area (Å²) in [6.45, 7) is 7.10. The van der Waals surface area contributed by atoms with E-state index in [9.17, 15) is 4.79 Å². The Kier molecular flexibility index (Phi) is 5.46. The van der Waals surface area contributed by atoms with E-state index in [1.54, 1.807) is 6.20 Å². The highest BCUT2D eigenvalue weighted by Gasteiger charge is 2.15. The molecular weight excluding hydrogens is 328 g/mol. The predicted molar refractivity (Wildman–Crippen MR) is 103 cm³/mol. The van der Waals surface area contributed by atoms with Crippen LogP contribution in [0.25, 0.3) is 16.7 Å². The highest BCUT2D eigenvalue weighted by atomic mass is 16.1. The summed E-state index contributed by atoms with van der Waals surface area (Å²) < 4.78 is 1.83. The van der Waals surface area contributed by atoms with Gasteiger partial charge in [-0.05, 0) is 12.1 Å². The van der Waals surface area contributed by atoms with Crippen LogP contribution in [0.15, 0.2) is 36.5 Å². The second-order valence-corrected chi connectivity index (χ2v) is 6.34. The third-order valence-corrected chi connectivity index (χ3v) is 4.02. The summed E-state index contributed by atoms with van der Waals surface area (Å²) in [6.07, 6.45) is 2.26. The first-order chi connectivity index (χ1) is 12.6. The molecule has 0 aliphatic rings. The monoisotopic (exact) mass is 352 g/mol. The van der Waals surface area contributed by atoms with Crippen molar-refractivity contribution in [1.82, 2.24) is 25.1 Å². The lowest BCUT2D eigenvalue weighted by atomic mass is 10.2. The fourth-order valence-electron chi connectivity index (χ4n) is 2.58. The molecule has 1 amide bonds. The van der Waals surface area contributed by atoms with E-state index in [4.69, 9.17) is 4.98 Å². The molecule has 136 valence electrons. The van der Waals surface area contributed by atoms with Gasteiger partial charge in [-0.2, -0.15) is 5.10 Å². The second-order valence-electron chi connectivity index (χ2n) is 6.34. The van der Waals surface area contributed by atoms with Crippen molar-refractivity contribution in [3.05, 3.63) is 42.4 Å². The molecule has 0 radical (unpaired) electrons. The normalized spacial score (nSPS) is 11.1. The Morgan fingerprint density at radius 2 is 1.92 bits per heavy atom. The van der Waals surface area contributed by atoms with Crippen molar-refractivity contribution in [2.45, 2.75) is 33.1 Å². The Morgan fingerprint density at radius 3 is 2.62 bits per heavy atom. The third-order valence-electron chi connectivity index (χ3n) is 4.02. The van der Waals surface area contributed by atoms with Crippen molar-refractivity contribution in [2.24, 2.45) is 0 Å². The van der Waals surface area contributed by atoms with Crippen molar-refractivity contribution in [3.63, 3.8) is 0 Å². The number of aromatic nitrogens is 4. The van der Waals surface area contributed by atoms with Crippen molar-refractivity contribution >= 4 is 22.8 Å². The predicted octanol–water partition coefficient (Wildman–Crippen LogP) is 2.88. The van der Waals surface area contributed by atoms with E-state index in [0.717, 1.165) is 28.4 Å². The quantitative estimate of drug-likeness (QED) is 0.639. The number of nitrogens with zero attached hydrogens (tertiary/aromatic N) is 4. The smallest absolute Gasteiger partial charge is 0.219 e. The maximum absolute atomic E-state index is 11.4. The van der Waals surface area contributed by atoms with E-state index < -0.39 is 0 Å². The summed E-state index contributed by atoms with van der Waals surface area (Å²) in [5.74, 6) is 1.74. The van der Waals surface area contributed by atoms with Crippen LogP contribution in [0.4, 0.5) is 5.82 Å². The van der Waals surface area contributed by atoms with E-state index in [1.165, 1.54) is 0 Å². The molecule has 0 saturated carbocycles. The van der Waals surface area contributed by atoms with Gasteiger partial charge in [0.25, 0.3) is 0 Å². The number of carbonyl (C=O) groups excluding carboxylic acids is 1. The molecule has 3 rings (SSSR count). The molecule has 0 saturated heterocycles. The molecule has 0 spiro atoms. The van der Waals surface area contributed by atoms with Gasteiger partial charge in [-0.15, -0.1) is 0 Å². The van der Waals surface area contributed by atoms with Gasteiger partial charge in [-0.3, -0.25) is 4.79 Å². The Hall–Kier alpha value is -2.96. The van der Waals surface area contributed by atoms with Crippen LogP contribution in [0.1, 0.15) is 38.9 Å². The maximum atomic E-state index is 11.4. The standard InChI is InChI=1S/C19H24N6O/c1-4-16(26)20-10-11-21-18-15-12-22-25(14-8-6-5-7-9-14)19(15)24-17(23-18)13(2)3/h5-9,12-13H,4,10-11H2,1-3H3,(H,20,26)(H,21,23,24). The highest BCUT2D eigenvalue weighted by Crippen LogP contribution is 2.24. The van der Waals surface area contributed by atoms with Crippen LogP contribution in [0, 0.1) is 0 Å². The lowest BCUT2D eigenvalue weighted by molar-refractivity contribution is -0.120. The minimum atomic E-state index is 0.0411. The van der Waals surface area contributed by atoms with Gasteiger partial charge in [0.1, 0.15) is 11.6 Å². The van der Waals surface area contributed by atoms with Gasteiger partial charge in [0.05, 0.1) is 17.3 Å². The lowest BCUT2D eigenvalue weighted by Gasteiger charge is -2.11. The third kappa shape index (κ3) is 3.82. The van der Waals surface area contributed by atoms with E-state index >= 15 is 0 Å². The van der Waals surface area contributed by atoms with Gasteiger partial charge in [0.15, 0.2) is 5.65 Å². The molecule has 7 nitrogen and oxygen atoms in total. The Morgan fingerprint density at radius 1 is 1.15 bits per heavy atom. The zero-order valence-electron chi connectivity index (χ0n) is 15.4. The first-order valence-corrected chi connectivity index (χ1v) is 8.91.